The number of likely N-dealkylation sites (tertiary alicyclic amines) is 1. The molecule has 0 spiro atoms. The molecule has 216 valence electrons. The first kappa shape index (κ1) is 30.6. The van der Waals surface area contributed by atoms with Gasteiger partial charge < -0.3 is 19.3 Å². The Morgan fingerprint density at radius 1 is 1.16 bits per heavy atom. The van der Waals surface area contributed by atoms with Crippen LogP contribution in [0.5, 0.6) is 0 Å². The lowest BCUT2D eigenvalue weighted by Crippen LogP contribution is -2.55. The summed E-state index contributed by atoms with van der Waals surface area (Å²) in [5.41, 5.74) is 1.38. The van der Waals surface area contributed by atoms with Crippen molar-refractivity contribution in [2.24, 2.45) is 0 Å². The SMILES string of the molecule is CCC1CN(c2cccc(CN(CC)C3(C)CCN(C(=O)OC(C(F)(F)F)C(F)(F)F)CC3)c2Cl)CCO1. The third-order valence-corrected chi connectivity index (χ3v) is 7.85. The summed E-state index contributed by atoms with van der Waals surface area (Å²) in [5.74, 6) is 0. The van der Waals surface area contributed by atoms with Gasteiger partial charge in [0.25, 0.3) is 6.10 Å². The molecule has 1 amide bonds. The topological polar surface area (TPSA) is 45.2 Å². The quantitative estimate of drug-likeness (QED) is 0.360. The molecule has 1 aromatic carbocycles. The molecule has 1 aromatic rings. The largest absolute Gasteiger partial charge is 0.434 e. The highest BCUT2D eigenvalue weighted by atomic mass is 35.5. The van der Waals surface area contributed by atoms with E-state index in [4.69, 9.17) is 16.3 Å². The minimum Gasteiger partial charge on any atom is -0.426 e. The molecular formula is C25H34ClF6N3O3. The number of carbonyl (C=O) groups is 1. The molecule has 0 N–H and O–H groups in total. The number of hydrogen-bond donors (Lipinski definition) is 0. The van der Waals surface area contributed by atoms with E-state index in [0.29, 0.717) is 37.6 Å². The molecule has 2 aliphatic rings. The van der Waals surface area contributed by atoms with E-state index in [0.717, 1.165) is 35.7 Å². The van der Waals surface area contributed by atoms with Gasteiger partial charge in [-0.05, 0) is 44.4 Å². The molecule has 6 nitrogen and oxygen atoms in total. The third-order valence-electron chi connectivity index (χ3n) is 7.41. The Balaban J connectivity index is 1.67. The smallest absolute Gasteiger partial charge is 0.426 e. The zero-order chi connectivity index (χ0) is 28.3. The van der Waals surface area contributed by atoms with Crippen LogP contribution in [0.15, 0.2) is 18.2 Å². The van der Waals surface area contributed by atoms with Crippen LogP contribution in [0.25, 0.3) is 0 Å². The van der Waals surface area contributed by atoms with Gasteiger partial charge in [-0.2, -0.15) is 26.3 Å². The lowest BCUT2D eigenvalue weighted by molar-refractivity contribution is -0.308. The van der Waals surface area contributed by atoms with E-state index in [-0.39, 0.29) is 19.2 Å². The van der Waals surface area contributed by atoms with Crippen LogP contribution < -0.4 is 4.90 Å². The van der Waals surface area contributed by atoms with Crippen molar-refractivity contribution in [2.45, 2.75) is 76.7 Å². The number of amides is 1. The molecule has 3 rings (SSSR count). The van der Waals surface area contributed by atoms with Crippen molar-refractivity contribution < 1.29 is 40.6 Å². The maximum atomic E-state index is 12.8. The molecule has 0 saturated carbocycles. The van der Waals surface area contributed by atoms with E-state index in [1.54, 1.807) is 0 Å². The fourth-order valence-corrected chi connectivity index (χ4v) is 5.29. The third kappa shape index (κ3) is 7.18. The first-order valence-electron chi connectivity index (χ1n) is 12.7. The summed E-state index contributed by atoms with van der Waals surface area (Å²) in [6.07, 6.45) is -15.6. The average molecular weight is 574 g/mol. The Kier molecular flexibility index (Phi) is 9.73. The molecule has 0 aliphatic carbocycles. The van der Waals surface area contributed by atoms with Crippen LogP contribution in [-0.2, 0) is 16.0 Å². The summed E-state index contributed by atoms with van der Waals surface area (Å²) in [5, 5.41) is 0.637. The van der Waals surface area contributed by atoms with Gasteiger partial charge in [-0.1, -0.05) is 37.6 Å². The van der Waals surface area contributed by atoms with Gasteiger partial charge in [0, 0.05) is 38.3 Å². The van der Waals surface area contributed by atoms with Gasteiger partial charge in [-0.25, -0.2) is 4.79 Å². The van der Waals surface area contributed by atoms with Crippen LogP contribution in [0.4, 0.5) is 36.8 Å². The molecule has 1 unspecified atom stereocenters. The lowest BCUT2D eigenvalue weighted by Gasteiger charge is -2.46. The Labute approximate surface area is 223 Å². The van der Waals surface area contributed by atoms with Gasteiger partial charge in [0.1, 0.15) is 0 Å². The predicted molar refractivity (Wildman–Crippen MR) is 131 cm³/mol. The van der Waals surface area contributed by atoms with E-state index in [2.05, 4.69) is 21.5 Å². The summed E-state index contributed by atoms with van der Waals surface area (Å²) < 4.78 is 86.4. The summed E-state index contributed by atoms with van der Waals surface area (Å²) in [7, 11) is 0. The van der Waals surface area contributed by atoms with Gasteiger partial charge in [-0.15, -0.1) is 0 Å². The van der Waals surface area contributed by atoms with E-state index >= 15 is 0 Å². The zero-order valence-corrected chi connectivity index (χ0v) is 22.4. The average Bonchev–Trinajstić information content (AvgIpc) is 2.85. The minimum absolute atomic E-state index is 0.0335. The number of anilines is 1. The molecule has 2 heterocycles. The number of alkyl halides is 6. The van der Waals surface area contributed by atoms with Gasteiger partial charge in [0.05, 0.1) is 23.4 Å². The van der Waals surface area contributed by atoms with Gasteiger partial charge in [0.2, 0.25) is 0 Å². The number of piperidine rings is 1. The normalized spacial score (nSPS) is 20.8. The van der Waals surface area contributed by atoms with Crippen molar-refractivity contribution in [3.8, 4) is 0 Å². The molecule has 0 radical (unpaired) electrons. The van der Waals surface area contributed by atoms with Crippen LogP contribution in [-0.4, -0.2) is 85.3 Å². The standard InChI is InChI=1S/C25H34ClF6N3O3/c1-4-18-16-34(13-14-37-18)19-8-6-7-17(20(19)26)15-35(5-2)23(3)9-11-33(12-10-23)22(36)38-21(24(27,28)29)25(30,31)32/h6-8,18,21H,4-5,9-16H2,1-3H3. The van der Waals surface area contributed by atoms with Crippen LogP contribution in [0.1, 0.15) is 45.6 Å². The molecule has 38 heavy (non-hydrogen) atoms. The lowest BCUT2D eigenvalue weighted by atomic mass is 9.87. The molecule has 2 fully saturated rings. The fraction of sp³-hybridized carbons (Fsp3) is 0.720. The fourth-order valence-electron chi connectivity index (χ4n) is 4.99. The highest BCUT2D eigenvalue weighted by Crippen LogP contribution is 2.38. The number of benzene rings is 1. The molecule has 13 heteroatoms. The zero-order valence-electron chi connectivity index (χ0n) is 21.7. The highest BCUT2D eigenvalue weighted by Gasteiger charge is 2.60. The first-order chi connectivity index (χ1) is 17.7. The van der Waals surface area contributed by atoms with Crippen molar-refractivity contribution in [3.63, 3.8) is 0 Å². The minimum atomic E-state index is -5.75. The van der Waals surface area contributed by atoms with Crippen molar-refractivity contribution in [1.29, 1.82) is 0 Å². The summed E-state index contributed by atoms with van der Waals surface area (Å²) in [4.78, 5) is 17.5. The van der Waals surface area contributed by atoms with Crippen molar-refractivity contribution in [2.75, 3.05) is 44.2 Å². The van der Waals surface area contributed by atoms with Crippen molar-refractivity contribution >= 4 is 23.4 Å². The van der Waals surface area contributed by atoms with E-state index < -0.39 is 30.1 Å². The second kappa shape index (κ2) is 12.1. The molecule has 0 bridgehead atoms. The number of morpholine rings is 1. The van der Waals surface area contributed by atoms with Crippen LogP contribution >= 0.6 is 11.6 Å². The molecule has 1 atom stereocenters. The number of halogens is 7. The molecule has 0 aromatic heterocycles. The van der Waals surface area contributed by atoms with E-state index in [1.165, 1.54) is 0 Å². The Bertz CT molecular complexity index is 939. The number of ether oxygens (including phenoxy) is 2. The summed E-state index contributed by atoms with van der Waals surface area (Å²) in [6.45, 7) is 9.15. The van der Waals surface area contributed by atoms with Gasteiger partial charge >= 0.3 is 18.4 Å². The summed E-state index contributed by atoms with van der Waals surface area (Å²) >= 11 is 6.84. The maximum absolute atomic E-state index is 12.8. The number of rotatable bonds is 7. The molecule has 2 aliphatic heterocycles. The Hall–Kier alpha value is -1.92. The van der Waals surface area contributed by atoms with Gasteiger partial charge in [-0.3, -0.25) is 4.90 Å². The second-order valence-corrected chi connectivity index (χ2v) is 10.3. The monoisotopic (exact) mass is 573 g/mol. The second-order valence-electron chi connectivity index (χ2n) is 9.94. The molecular weight excluding hydrogens is 540 g/mol. The van der Waals surface area contributed by atoms with Crippen LogP contribution in [0, 0.1) is 0 Å². The highest BCUT2D eigenvalue weighted by molar-refractivity contribution is 6.34. The Morgan fingerprint density at radius 3 is 2.34 bits per heavy atom. The van der Waals surface area contributed by atoms with Crippen molar-refractivity contribution in [3.05, 3.63) is 28.8 Å². The van der Waals surface area contributed by atoms with Gasteiger partial charge in [0.15, 0.2) is 0 Å². The van der Waals surface area contributed by atoms with E-state index in [1.807, 2.05) is 32.0 Å². The first-order valence-corrected chi connectivity index (χ1v) is 13.1. The van der Waals surface area contributed by atoms with Crippen molar-refractivity contribution in [1.82, 2.24) is 9.80 Å². The van der Waals surface area contributed by atoms with Crippen LogP contribution in [0.2, 0.25) is 5.02 Å². The molecule has 2 saturated heterocycles. The Morgan fingerprint density at radius 2 is 1.79 bits per heavy atom. The number of carbonyl (C=O) groups excluding carboxylic acids is 1. The van der Waals surface area contributed by atoms with E-state index in [9.17, 15) is 31.1 Å². The summed E-state index contributed by atoms with van der Waals surface area (Å²) in [6, 6.07) is 5.86. The maximum Gasteiger partial charge on any atom is 0.434 e. The van der Waals surface area contributed by atoms with Crippen LogP contribution in [0.3, 0.4) is 0 Å². The predicted octanol–water partition coefficient (Wildman–Crippen LogP) is 6.26. The number of nitrogens with zero attached hydrogens (tertiary/aromatic N) is 3. The number of hydrogen-bond acceptors (Lipinski definition) is 5.